The number of hydrogen-bond acceptors (Lipinski definition) is 7. The molecule has 2 aliphatic heterocycles. The van der Waals surface area contributed by atoms with Gasteiger partial charge in [0.2, 0.25) is 5.95 Å². The molecule has 3 N–H and O–H groups in total. The lowest BCUT2D eigenvalue weighted by atomic mass is 9.95. The molecule has 0 unspecified atom stereocenters. The quantitative estimate of drug-likeness (QED) is 0.849. The topological polar surface area (TPSA) is 87.7 Å². The highest BCUT2D eigenvalue weighted by molar-refractivity contribution is 5.84. The molecule has 2 saturated heterocycles. The van der Waals surface area contributed by atoms with Crippen LogP contribution in [0.5, 0.6) is 0 Å². The molecule has 1 aromatic carbocycles. The Labute approximate surface area is 153 Å². The Bertz CT molecular complexity index is 806. The number of ether oxygens (including phenoxy) is 1. The number of hydrogen-bond donors (Lipinski definition) is 2. The van der Waals surface area contributed by atoms with E-state index in [0.29, 0.717) is 19.2 Å². The minimum absolute atomic E-state index is 0.273. The van der Waals surface area contributed by atoms with Gasteiger partial charge in [-0.05, 0) is 31.0 Å². The van der Waals surface area contributed by atoms with Gasteiger partial charge in [-0.1, -0.05) is 6.92 Å². The maximum absolute atomic E-state index is 10.3. The predicted octanol–water partition coefficient (Wildman–Crippen LogP) is 1.05. The summed E-state index contributed by atoms with van der Waals surface area (Å²) in [5, 5.41) is 11.3. The van der Waals surface area contributed by atoms with Gasteiger partial charge in [0.25, 0.3) is 0 Å². The predicted molar refractivity (Wildman–Crippen MR) is 102 cm³/mol. The molecule has 4 rings (SSSR count). The number of nitrogens with two attached hydrogens (primary N) is 1. The smallest absolute Gasteiger partial charge is 0.220 e. The number of nitrogens with zero attached hydrogens (tertiary/aromatic N) is 4. The molecule has 2 aliphatic rings. The first-order chi connectivity index (χ1) is 12.5. The van der Waals surface area contributed by atoms with Crippen LogP contribution in [0.4, 0.5) is 11.6 Å². The lowest BCUT2D eigenvalue weighted by molar-refractivity contribution is 0.00882. The summed E-state index contributed by atoms with van der Waals surface area (Å²) in [7, 11) is 0. The normalized spacial score (nSPS) is 27.3. The van der Waals surface area contributed by atoms with Crippen LogP contribution in [0.1, 0.15) is 19.4 Å². The SMILES string of the molecule is CCc1cc2cnc(N)nc2cc1N1CCN([C@@]2(C)COC[C@H]2O)CC1. The Morgan fingerprint density at radius 3 is 2.73 bits per heavy atom. The first-order valence-corrected chi connectivity index (χ1v) is 9.32. The van der Waals surface area contributed by atoms with Gasteiger partial charge in [-0.2, -0.15) is 0 Å². The van der Waals surface area contributed by atoms with E-state index in [0.717, 1.165) is 43.5 Å². The van der Waals surface area contributed by atoms with Gasteiger partial charge in [0, 0.05) is 43.4 Å². The fourth-order valence-corrected chi connectivity index (χ4v) is 4.12. The molecule has 0 amide bonds. The summed E-state index contributed by atoms with van der Waals surface area (Å²) in [5.74, 6) is 0.306. The maximum Gasteiger partial charge on any atom is 0.220 e. The van der Waals surface area contributed by atoms with Gasteiger partial charge in [-0.25, -0.2) is 9.97 Å². The number of rotatable bonds is 3. The van der Waals surface area contributed by atoms with Gasteiger partial charge in [-0.3, -0.25) is 4.90 Å². The molecule has 140 valence electrons. The highest BCUT2D eigenvalue weighted by Gasteiger charge is 2.44. The molecular formula is C19H27N5O2. The van der Waals surface area contributed by atoms with E-state index in [1.54, 1.807) is 6.20 Å². The number of aliphatic hydroxyl groups is 1. The van der Waals surface area contributed by atoms with Gasteiger partial charge >= 0.3 is 0 Å². The lowest BCUT2D eigenvalue weighted by Crippen LogP contribution is -2.60. The summed E-state index contributed by atoms with van der Waals surface area (Å²) in [6, 6.07) is 4.31. The van der Waals surface area contributed by atoms with Crippen molar-refractivity contribution >= 4 is 22.5 Å². The molecule has 2 fully saturated rings. The van der Waals surface area contributed by atoms with Gasteiger partial charge in [0.05, 0.1) is 30.4 Å². The minimum atomic E-state index is -0.416. The second-order valence-corrected chi connectivity index (χ2v) is 7.48. The number of aliphatic hydroxyl groups excluding tert-OH is 1. The average molecular weight is 357 g/mol. The van der Waals surface area contributed by atoms with Crippen molar-refractivity contribution in [3.63, 3.8) is 0 Å². The van der Waals surface area contributed by atoms with Crippen LogP contribution >= 0.6 is 0 Å². The van der Waals surface area contributed by atoms with Crippen LogP contribution in [0.25, 0.3) is 10.9 Å². The molecule has 0 saturated carbocycles. The molecule has 7 heteroatoms. The van der Waals surface area contributed by atoms with Crippen molar-refractivity contribution in [2.45, 2.75) is 31.9 Å². The van der Waals surface area contributed by atoms with Crippen LogP contribution in [0.15, 0.2) is 18.3 Å². The summed E-state index contributed by atoms with van der Waals surface area (Å²) in [4.78, 5) is 13.3. The second kappa shape index (κ2) is 6.64. The summed E-state index contributed by atoms with van der Waals surface area (Å²) in [6.45, 7) is 8.96. The first-order valence-electron chi connectivity index (χ1n) is 9.32. The van der Waals surface area contributed by atoms with Crippen molar-refractivity contribution in [2.24, 2.45) is 0 Å². The summed E-state index contributed by atoms with van der Waals surface area (Å²) >= 11 is 0. The molecule has 7 nitrogen and oxygen atoms in total. The Morgan fingerprint density at radius 1 is 1.31 bits per heavy atom. The lowest BCUT2D eigenvalue weighted by Gasteiger charge is -2.45. The van der Waals surface area contributed by atoms with E-state index >= 15 is 0 Å². The molecule has 0 bridgehead atoms. The Morgan fingerprint density at radius 2 is 2.08 bits per heavy atom. The van der Waals surface area contributed by atoms with Crippen molar-refractivity contribution < 1.29 is 9.84 Å². The summed E-state index contributed by atoms with van der Waals surface area (Å²) in [5.41, 5.74) is 8.90. The van der Waals surface area contributed by atoms with Crippen molar-refractivity contribution in [1.29, 1.82) is 0 Å². The number of piperazine rings is 1. The van der Waals surface area contributed by atoms with Crippen LogP contribution in [0.2, 0.25) is 0 Å². The third kappa shape index (κ3) is 2.90. The monoisotopic (exact) mass is 357 g/mol. The zero-order chi connectivity index (χ0) is 18.3. The van der Waals surface area contributed by atoms with E-state index in [1.165, 1.54) is 11.3 Å². The van der Waals surface area contributed by atoms with Crippen LogP contribution in [-0.2, 0) is 11.2 Å². The Hall–Kier alpha value is -1.96. The van der Waals surface area contributed by atoms with Crippen molar-refractivity contribution in [3.8, 4) is 0 Å². The van der Waals surface area contributed by atoms with Crippen LogP contribution < -0.4 is 10.6 Å². The molecular weight excluding hydrogens is 330 g/mol. The Balaban J connectivity index is 1.57. The highest BCUT2D eigenvalue weighted by atomic mass is 16.5. The molecule has 26 heavy (non-hydrogen) atoms. The fourth-order valence-electron chi connectivity index (χ4n) is 4.12. The second-order valence-electron chi connectivity index (χ2n) is 7.48. The number of benzene rings is 1. The number of aromatic nitrogens is 2. The van der Waals surface area contributed by atoms with Gasteiger partial charge in [0.15, 0.2) is 0 Å². The van der Waals surface area contributed by atoms with E-state index in [4.69, 9.17) is 10.5 Å². The number of nitrogen functional groups attached to an aromatic ring is 1. The molecule has 1 aromatic heterocycles. The molecule has 0 spiro atoms. The molecule has 3 heterocycles. The van der Waals surface area contributed by atoms with E-state index in [9.17, 15) is 5.11 Å². The fraction of sp³-hybridized carbons (Fsp3) is 0.579. The van der Waals surface area contributed by atoms with Crippen molar-refractivity contribution in [2.75, 3.05) is 50.0 Å². The first kappa shape index (κ1) is 17.5. The number of fused-ring (bicyclic) bond motifs is 1. The largest absolute Gasteiger partial charge is 0.389 e. The van der Waals surface area contributed by atoms with Crippen molar-refractivity contribution in [3.05, 3.63) is 23.9 Å². The molecule has 2 atom stereocenters. The highest BCUT2D eigenvalue weighted by Crippen LogP contribution is 2.31. The standard InChI is InChI=1S/C19H27N5O2/c1-3-13-8-14-10-21-18(20)22-15(14)9-16(13)23-4-6-24(7-5-23)19(2)12-26-11-17(19)25/h8-10,17,25H,3-7,11-12H2,1-2H3,(H2,20,21,22)/t17-,19+/m1/s1. The minimum Gasteiger partial charge on any atom is -0.389 e. The van der Waals surface area contributed by atoms with Gasteiger partial charge < -0.3 is 20.5 Å². The third-order valence-electron chi connectivity index (χ3n) is 5.91. The van der Waals surface area contributed by atoms with Gasteiger partial charge in [0.1, 0.15) is 0 Å². The van der Waals surface area contributed by atoms with Crippen molar-refractivity contribution in [1.82, 2.24) is 14.9 Å². The zero-order valence-electron chi connectivity index (χ0n) is 15.5. The van der Waals surface area contributed by atoms with Crippen LogP contribution in [-0.4, -0.2) is 71.0 Å². The van der Waals surface area contributed by atoms with E-state index in [1.807, 2.05) is 0 Å². The van der Waals surface area contributed by atoms with E-state index < -0.39 is 6.10 Å². The molecule has 0 aliphatic carbocycles. The zero-order valence-corrected chi connectivity index (χ0v) is 15.5. The summed E-state index contributed by atoms with van der Waals surface area (Å²) < 4.78 is 5.50. The Kier molecular flexibility index (Phi) is 4.46. The van der Waals surface area contributed by atoms with Crippen LogP contribution in [0.3, 0.4) is 0 Å². The molecule has 2 aromatic rings. The van der Waals surface area contributed by atoms with Gasteiger partial charge in [-0.15, -0.1) is 0 Å². The van der Waals surface area contributed by atoms with E-state index in [-0.39, 0.29) is 5.54 Å². The number of aryl methyl sites for hydroxylation is 1. The average Bonchev–Trinajstić information content (AvgIpc) is 3.00. The maximum atomic E-state index is 10.3. The van der Waals surface area contributed by atoms with E-state index in [2.05, 4.69) is 45.7 Å². The molecule has 0 radical (unpaired) electrons. The third-order valence-corrected chi connectivity index (χ3v) is 5.91. The number of anilines is 2. The van der Waals surface area contributed by atoms with Crippen LogP contribution in [0, 0.1) is 0 Å². The summed E-state index contributed by atoms with van der Waals surface area (Å²) in [6.07, 6.45) is 2.33.